The van der Waals surface area contributed by atoms with Crippen LogP contribution >= 0.6 is 0 Å². The number of aliphatic hydroxyl groups excluding tert-OH is 1. The molecule has 1 atom stereocenters. The predicted octanol–water partition coefficient (Wildman–Crippen LogP) is 2.83. The second kappa shape index (κ2) is 8.72. The molecule has 1 aliphatic rings. The Morgan fingerprint density at radius 1 is 1.15 bits per heavy atom. The molecule has 2 N–H and O–H groups in total. The van der Waals surface area contributed by atoms with E-state index in [0.29, 0.717) is 6.42 Å². The number of nitrogens with zero attached hydrogens (tertiary/aromatic N) is 1. The van der Waals surface area contributed by atoms with E-state index in [4.69, 9.17) is 4.74 Å². The van der Waals surface area contributed by atoms with Crippen LogP contribution in [-0.2, 0) is 17.8 Å². The van der Waals surface area contributed by atoms with Crippen LogP contribution < -0.4 is 10.1 Å². The lowest BCUT2D eigenvalue weighted by Gasteiger charge is -2.23. The normalized spacial score (nSPS) is 16.5. The molecule has 138 valence electrons. The molecule has 26 heavy (non-hydrogen) atoms. The minimum atomic E-state index is -0.00654. The van der Waals surface area contributed by atoms with Crippen LogP contribution in [0.25, 0.3) is 0 Å². The van der Waals surface area contributed by atoms with Crippen molar-refractivity contribution in [2.75, 3.05) is 25.6 Å². The molecule has 2 aromatic carbocycles. The summed E-state index contributed by atoms with van der Waals surface area (Å²) in [6.07, 6.45) is 2.26. The number of amides is 1. The predicted molar refractivity (Wildman–Crippen MR) is 102 cm³/mol. The van der Waals surface area contributed by atoms with Gasteiger partial charge in [-0.25, -0.2) is 0 Å². The smallest absolute Gasteiger partial charge is 0.227 e. The van der Waals surface area contributed by atoms with Crippen molar-refractivity contribution in [2.45, 2.75) is 31.8 Å². The van der Waals surface area contributed by atoms with Gasteiger partial charge in [0.05, 0.1) is 26.2 Å². The van der Waals surface area contributed by atoms with E-state index in [2.05, 4.69) is 5.32 Å². The van der Waals surface area contributed by atoms with Gasteiger partial charge in [0.15, 0.2) is 0 Å². The zero-order chi connectivity index (χ0) is 18.4. The molecule has 0 aliphatic carbocycles. The van der Waals surface area contributed by atoms with Gasteiger partial charge >= 0.3 is 0 Å². The molecule has 1 saturated heterocycles. The number of aliphatic hydroxyl groups is 1. The number of likely N-dealkylation sites (tertiary alicyclic amines) is 1. The molecule has 2 aromatic rings. The van der Waals surface area contributed by atoms with E-state index >= 15 is 0 Å². The van der Waals surface area contributed by atoms with Crippen molar-refractivity contribution in [3.05, 3.63) is 59.7 Å². The minimum Gasteiger partial charge on any atom is -0.497 e. The topological polar surface area (TPSA) is 61.8 Å². The highest BCUT2D eigenvalue weighted by Gasteiger charge is 2.27. The monoisotopic (exact) mass is 354 g/mol. The third-order valence-electron chi connectivity index (χ3n) is 4.87. The first-order valence-electron chi connectivity index (χ1n) is 9.05. The van der Waals surface area contributed by atoms with Gasteiger partial charge in [0.25, 0.3) is 0 Å². The van der Waals surface area contributed by atoms with Crippen molar-refractivity contribution >= 4 is 11.6 Å². The highest BCUT2D eigenvalue weighted by atomic mass is 16.5. The summed E-state index contributed by atoms with van der Waals surface area (Å²) in [7, 11) is 1.66. The summed E-state index contributed by atoms with van der Waals surface area (Å²) in [4.78, 5) is 14.2. The maximum Gasteiger partial charge on any atom is 0.227 e. The number of carbonyl (C=O) groups excluding carboxylic acids is 1. The molecule has 3 rings (SSSR count). The van der Waals surface area contributed by atoms with E-state index in [9.17, 15) is 9.90 Å². The lowest BCUT2D eigenvalue weighted by molar-refractivity contribution is -0.131. The third-order valence-corrected chi connectivity index (χ3v) is 4.87. The average molecular weight is 354 g/mol. The lowest BCUT2D eigenvalue weighted by atomic mass is 10.1. The molecule has 0 saturated carbocycles. The second-order valence-corrected chi connectivity index (χ2v) is 6.64. The number of nitrogens with one attached hydrogen (secondary N) is 1. The van der Waals surface area contributed by atoms with E-state index in [1.165, 1.54) is 5.56 Å². The molecule has 0 spiro atoms. The molecular weight excluding hydrogens is 328 g/mol. The number of benzene rings is 2. The van der Waals surface area contributed by atoms with Crippen LogP contribution in [0.2, 0.25) is 0 Å². The Morgan fingerprint density at radius 3 is 2.50 bits per heavy atom. The summed E-state index contributed by atoms with van der Waals surface area (Å²) in [5.41, 5.74) is 3.19. The minimum absolute atomic E-state index is 0.00654. The summed E-state index contributed by atoms with van der Waals surface area (Å²) in [5, 5.41) is 12.7. The molecule has 1 heterocycles. The molecule has 0 aromatic heterocycles. The number of carbonyl (C=O) groups is 1. The fraction of sp³-hybridized carbons (Fsp3) is 0.381. The highest BCUT2D eigenvalue weighted by Crippen LogP contribution is 2.19. The Morgan fingerprint density at radius 2 is 1.85 bits per heavy atom. The molecule has 0 unspecified atom stereocenters. The zero-order valence-corrected chi connectivity index (χ0v) is 15.1. The van der Waals surface area contributed by atoms with E-state index in [-0.39, 0.29) is 18.6 Å². The number of hydrogen-bond acceptors (Lipinski definition) is 4. The molecule has 1 amide bonds. The number of hydrogen-bond donors (Lipinski definition) is 2. The molecule has 1 fully saturated rings. The molecule has 0 bridgehead atoms. The van der Waals surface area contributed by atoms with Crippen molar-refractivity contribution in [3.63, 3.8) is 0 Å². The molecule has 5 heteroatoms. The third kappa shape index (κ3) is 4.55. The molecular formula is C21H26N2O3. The van der Waals surface area contributed by atoms with E-state index in [1.54, 1.807) is 7.11 Å². The quantitative estimate of drug-likeness (QED) is 0.803. The van der Waals surface area contributed by atoms with Gasteiger partial charge in [0, 0.05) is 18.8 Å². The van der Waals surface area contributed by atoms with Crippen LogP contribution in [0.5, 0.6) is 5.75 Å². The second-order valence-electron chi connectivity index (χ2n) is 6.64. The fourth-order valence-corrected chi connectivity index (χ4v) is 3.32. The molecule has 5 nitrogen and oxygen atoms in total. The van der Waals surface area contributed by atoms with E-state index in [0.717, 1.165) is 42.9 Å². The van der Waals surface area contributed by atoms with E-state index in [1.807, 2.05) is 53.4 Å². The number of rotatable bonds is 7. The van der Waals surface area contributed by atoms with Gasteiger partial charge < -0.3 is 20.1 Å². The Labute approximate surface area is 154 Å². The summed E-state index contributed by atoms with van der Waals surface area (Å²) < 4.78 is 5.16. The van der Waals surface area contributed by atoms with Gasteiger partial charge in [-0.05, 0) is 48.2 Å². The first kappa shape index (κ1) is 18.3. The SMILES string of the molecule is COc1ccc(CNc2ccc(CC(=O)N3CCC[C@H]3CO)cc2)cc1. The Balaban J connectivity index is 1.52. The van der Waals surface area contributed by atoms with Crippen LogP contribution in [0.3, 0.4) is 0 Å². The standard InChI is InChI=1S/C21H26N2O3/c1-26-20-10-6-17(7-11-20)14-22-18-8-4-16(5-9-18)13-21(25)23-12-2-3-19(23)15-24/h4-11,19,22,24H,2-3,12-15H2,1H3/t19-/m0/s1. The maximum absolute atomic E-state index is 12.4. The summed E-state index contributed by atoms with van der Waals surface area (Å²) in [6.45, 7) is 1.54. The van der Waals surface area contributed by atoms with Crippen molar-refractivity contribution in [1.29, 1.82) is 0 Å². The van der Waals surface area contributed by atoms with Crippen LogP contribution in [0.4, 0.5) is 5.69 Å². The van der Waals surface area contributed by atoms with Gasteiger partial charge in [-0.15, -0.1) is 0 Å². The first-order valence-corrected chi connectivity index (χ1v) is 9.05. The average Bonchev–Trinajstić information content (AvgIpc) is 3.17. The molecule has 1 aliphatic heterocycles. The Hall–Kier alpha value is -2.53. The summed E-state index contributed by atoms with van der Waals surface area (Å²) in [5.74, 6) is 0.949. The Kier molecular flexibility index (Phi) is 6.12. The van der Waals surface area contributed by atoms with Crippen LogP contribution in [0.15, 0.2) is 48.5 Å². The van der Waals surface area contributed by atoms with Gasteiger partial charge in [0.2, 0.25) is 5.91 Å². The van der Waals surface area contributed by atoms with Gasteiger partial charge in [0.1, 0.15) is 5.75 Å². The van der Waals surface area contributed by atoms with Gasteiger partial charge in [-0.1, -0.05) is 24.3 Å². The van der Waals surface area contributed by atoms with Crippen molar-refractivity contribution < 1.29 is 14.6 Å². The van der Waals surface area contributed by atoms with Crippen molar-refractivity contribution in [1.82, 2.24) is 4.90 Å². The van der Waals surface area contributed by atoms with Gasteiger partial charge in [-0.3, -0.25) is 4.79 Å². The molecule has 0 radical (unpaired) electrons. The summed E-state index contributed by atoms with van der Waals surface area (Å²) in [6, 6.07) is 15.9. The zero-order valence-electron chi connectivity index (χ0n) is 15.1. The van der Waals surface area contributed by atoms with Crippen molar-refractivity contribution in [2.24, 2.45) is 0 Å². The highest BCUT2D eigenvalue weighted by molar-refractivity contribution is 5.79. The van der Waals surface area contributed by atoms with Crippen molar-refractivity contribution in [3.8, 4) is 5.75 Å². The largest absolute Gasteiger partial charge is 0.497 e. The summed E-state index contributed by atoms with van der Waals surface area (Å²) >= 11 is 0. The van der Waals surface area contributed by atoms with E-state index < -0.39 is 0 Å². The van der Waals surface area contributed by atoms with Crippen LogP contribution in [-0.4, -0.2) is 42.2 Å². The number of anilines is 1. The lowest BCUT2D eigenvalue weighted by Crippen LogP contribution is -2.38. The number of ether oxygens (including phenoxy) is 1. The first-order chi connectivity index (χ1) is 12.7. The van der Waals surface area contributed by atoms with Crippen LogP contribution in [0, 0.1) is 0 Å². The number of methoxy groups -OCH3 is 1. The Bertz CT molecular complexity index is 713. The van der Waals surface area contributed by atoms with Gasteiger partial charge in [-0.2, -0.15) is 0 Å². The maximum atomic E-state index is 12.4. The van der Waals surface area contributed by atoms with Crippen LogP contribution in [0.1, 0.15) is 24.0 Å². The fourth-order valence-electron chi connectivity index (χ4n) is 3.32.